The molecule has 1 aliphatic rings. The van der Waals surface area contributed by atoms with Crippen LogP contribution in [0.3, 0.4) is 0 Å². The largest absolute Gasteiger partial charge is 0.336 e. The first-order valence-electron chi connectivity index (χ1n) is 11.0. The molecule has 1 saturated heterocycles. The average Bonchev–Trinajstić information content (AvgIpc) is 3.26. The molecular formula is C23H24FN7O2S. The van der Waals surface area contributed by atoms with Crippen LogP contribution in [0.1, 0.15) is 24.4 Å². The average molecular weight is 482 g/mol. The zero-order chi connectivity index (χ0) is 23.7. The molecule has 0 aliphatic carbocycles. The van der Waals surface area contributed by atoms with Gasteiger partial charge in [0.2, 0.25) is 0 Å². The molecule has 2 aromatic heterocycles. The van der Waals surface area contributed by atoms with E-state index in [0.29, 0.717) is 17.0 Å². The second kappa shape index (κ2) is 9.07. The van der Waals surface area contributed by atoms with Crippen LogP contribution < -0.4 is 5.32 Å². The fourth-order valence-electron chi connectivity index (χ4n) is 4.22. The number of nitrogens with one attached hydrogen (secondary N) is 1. The number of fused-ring (bicyclic) bond motifs is 1. The van der Waals surface area contributed by atoms with Crippen molar-refractivity contribution >= 4 is 32.5 Å². The molecule has 3 heterocycles. The molecule has 0 saturated carbocycles. The number of piperidine rings is 1. The van der Waals surface area contributed by atoms with Gasteiger partial charge in [-0.15, -0.1) is 5.10 Å². The van der Waals surface area contributed by atoms with E-state index in [1.54, 1.807) is 0 Å². The maximum atomic E-state index is 14.5. The van der Waals surface area contributed by atoms with Crippen LogP contribution >= 0.6 is 0 Å². The van der Waals surface area contributed by atoms with Gasteiger partial charge in [0.05, 0.1) is 16.6 Å². The monoisotopic (exact) mass is 481 g/mol. The zero-order valence-corrected chi connectivity index (χ0v) is 19.4. The van der Waals surface area contributed by atoms with Crippen molar-refractivity contribution in [2.75, 3.05) is 24.7 Å². The van der Waals surface area contributed by atoms with E-state index in [-0.39, 0.29) is 16.6 Å². The molecule has 11 heteroatoms. The number of halogens is 1. The third-order valence-electron chi connectivity index (χ3n) is 6.03. The van der Waals surface area contributed by atoms with Crippen LogP contribution in [0.25, 0.3) is 11.2 Å². The Balaban J connectivity index is 1.32. The minimum Gasteiger partial charge on any atom is -0.336 e. The van der Waals surface area contributed by atoms with Crippen molar-refractivity contribution in [3.05, 3.63) is 66.2 Å². The lowest BCUT2D eigenvalue weighted by Gasteiger charge is -2.31. The van der Waals surface area contributed by atoms with E-state index >= 15 is 0 Å². The van der Waals surface area contributed by atoms with Gasteiger partial charge in [-0.25, -0.2) is 27.5 Å². The van der Waals surface area contributed by atoms with Crippen LogP contribution in [0, 0.1) is 5.82 Å². The third-order valence-corrected chi connectivity index (χ3v) is 7.15. The van der Waals surface area contributed by atoms with E-state index in [2.05, 4.69) is 54.8 Å². The molecule has 9 nitrogen and oxygen atoms in total. The Morgan fingerprint density at radius 2 is 1.85 bits per heavy atom. The molecule has 2 aromatic carbocycles. The lowest BCUT2D eigenvalue weighted by atomic mass is 10.0. The summed E-state index contributed by atoms with van der Waals surface area (Å²) < 4.78 is 39.7. The van der Waals surface area contributed by atoms with Gasteiger partial charge < -0.3 is 5.32 Å². The Morgan fingerprint density at radius 3 is 2.56 bits per heavy atom. The second-order valence-electron chi connectivity index (χ2n) is 8.46. The maximum absolute atomic E-state index is 14.5. The molecule has 5 rings (SSSR count). The van der Waals surface area contributed by atoms with Crippen molar-refractivity contribution in [1.29, 1.82) is 0 Å². The molecule has 0 spiro atoms. The summed E-state index contributed by atoms with van der Waals surface area (Å²) in [5.41, 5.74) is 2.40. The molecule has 1 aliphatic heterocycles. The van der Waals surface area contributed by atoms with Crippen LogP contribution in [0.15, 0.2) is 59.8 Å². The highest BCUT2D eigenvalue weighted by atomic mass is 32.2. The number of hydrogen-bond donors (Lipinski definition) is 1. The molecule has 0 radical (unpaired) electrons. The molecule has 1 fully saturated rings. The highest BCUT2D eigenvalue weighted by Gasteiger charge is 2.24. The van der Waals surface area contributed by atoms with Crippen LogP contribution in [0.4, 0.5) is 15.9 Å². The summed E-state index contributed by atoms with van der Waals surface area (Å²) in [5, 5.41) is 11.5. The van der Waals surface area contributed by atoms with Gasteiger partial charge >= 0.3 is 0 Å². The number of aromatic nitrogens is 5. The van der Waals surface area contributed by atoms with E-state index in [1.807, 2.05) is 10.7 Å². The first-order chi connectivity index (χ1) is 16.4. The number of anilines is 2. The molecule has 0 amide bonds. The van der Waals surface area contributed by atoms with Crippen LogP contribution in [0.2, 0.25) is 0 Å². The van der Waals surface area contributed by atoms with E-state index in [4.69, 9.17) is 0 Å². The van der Waals surface area contributed by atoms with Gasteiger partial charge in [-0.2, -0.15) is 0 Å². The summed E-state index contributed by atoms with van der Waals surface area (Å²) in [6.07, 6.45) is 4.25. The highest BCUT2D eigenvalue weighted by molar-refractivity contribution is 7.90. The first-order valence-corrected chi connectivity index (χ1v) is 12.9. The fourth-order valence-corrected chi connectivity index (χ4v) is 4.85. The molecule has 0 atom stereocenters. The molecule has 0 unspecified atom stereocenters. The predicted molar refractivity (Wildman–Crippen MR) is 126 cm³/mol. The summed E-state index contributed by atoms with van der Waals surface area (Å²) in [6.45, 7) is 2.80. The van der Waals surface area contributed by atoms with Crippen molar-refractivity contribution in [3.8, 4) is 0 Å². The number of sulfone groups is 1. The number of rotatable bonds is 6. The second-order valence-corrected chi connectivity index (χ2v) is 10.5. The fraction of sp³-hybridized carbons (Fsp3) is 0.304. The van der Waals surface area contributed by atoms with Crippen molar-refractivity contribution in [2.45, 2.75) is 30.3 Å². The van der Waals surface area contributed by atoms with Crippen LogP contribution in [0.5, 0.6) is 0 Å². The Labute approximate surface area is 196 Å². The van der Waals surface area contributed by atoms with Gasteiger partial charge in [-0.05, 0) is 36.6 Å². The lowest BCUT2D eigenvalue weighted by molar-refractivity contribution is 0.174. The van der Waals surface area contributed by atoms with E-state index in [9.17, 15) is 12.8 Å². The topological polar surface area (TPSA) is 106 Å². The van der Waals surface area contributed by atoms with Crippen molar-refractivity contribution in [1.82, 2.24) is 29.9 Å². The Kier molecular flexibility index (Phi) is 5.96. The standard InChI is InChI=1S/C23H24FN7O2S/c1-34(32,33)18-7-8-20(19(24)13-18)27-22-21-23(26-15-25-22)31(29-28-21)17-9-11-30(12-10-17)14-16-5-3-2-4-6-16/h2-8,13,15,17H,9-12,14H2,1H3,(H,25,26,27). The minimum atomic E-state index is -3.50. The highest BCUT2D eigenvalue weighted by Crippen LogP contribution is 2.29. The molecule has 176 valence electrons. The van der Waals surface area contributed by atoms with Crippen molar-refractivity contribution in [2.24, 2.45) is 0 Å². The van der Waals surface area contributed by atoms with Gasteiger partial charge in [0, 0.05) is 25.9 Å². The Bertz CT molecular complexity index is 1420. The number of hydrogen-bond acceptors (Lipinski definition) is 8. The molecule has 34 heavy (non-hydrogen) atoms. The molecular weight excluding hydrogens is 457 g/mol. The van der Waals surface area contributed by atoms with Gasteiger partial charge in [0.25, 0.3) is 0 Å². The van der Waals surface area contributed by atoms with Crippen LogP contribution in [-0.2, 0) is 16.4 Å². The third kappa shape index (κ3) is 4.62. The minimum absolute atomic E-state index is 0.0899. The molecule has 4 aromatic rings. The Morgan fingerprint density at radius 1 is 1.09 bits per heavy atom. The van der Waals surface area contributed by atoms with Crippen molar-refractivity contribution < 1.29 is 12.8 Å². The van der Waals surface area contributed by atoms with E-state index < -0.39 is 15.7 Å². The molecule has 1 N–H and O–H groups in total. The van der Waals surface area contributed by atoms with E-state index in [1.165, 1.54) is 24.0 Å². The quantitative estimate of drug-likeness (QED) is 0.447. The molecule has 0 bridgehead atoms. The SMILES string of the molecule is CS(=O)(=O)c1ccc(Nc2ncnc3c2nnn3C2CCN(Cc3ccccc3)CC2)c(F)c1. The zero-order valence-electron chi connectivity index (χ0n) is 18.6. The lowest BCUT2D eigenvalue weighted by Crippen LogP contribution is -2.34. The summed E-state index contributed by atoms with van der Waals surface area (Å²) in [4.78, 5) is 10.9. The van der Waals surface area contributed by atoms with Gasteiger partial charge in [-0.1, -0.05) is 35.5 Å². The van der Waals surface area contributed by atoms with E-state index in [0.717, 1.165) is 44.8 Å². The van der Waals surface area contributed by atoms with Crippen LogP contribution in [-0.4, -0.2) is 57.6 Å². The van der Waals surface area contributed by atoms with Gasteiger partial charge in [-0.3, -0.25) is 4.90 Å². The summed E-state index contributed by atoms with van der Waals surface area (Å²) in [7, 11) is -3.50. The van der Waals surface area contributed by atoms with Gasteiger partial charge in [0.15, 0.2) is 26.8 Å². The number of likely N-dealkylation sites (tertiary alicyclic amines) is 1. The summed E-state index contributed by atoms with van der Waals surface area (Å²) >= 11 is 0. The number of benzene rings is 2. The smallest absolute Gasteiger partial charge is 0.184 e. The normalized spacial score (nSPS) is 15.6. The predicted octanol–water partition coefficient (Wildman–Crippen LogP) is 3.34. The maximum Gasteiger partial charge on any atom is 0.184 e. The van der Waals surface area contributed by atoms with Gasteiger partial charge in [0.1, 0.15) is 12.1 Å². The Hall–Kier alpha value is -3.44. The number of nitrogens with zero attached hydrogens (tertiary/aromatic N) is 6. The van der Waals surface area contributed by atoms with Crippen molar-refractivity contribution in [3.63, 3.8) is 0 Å². The summed E-state index contributed by atoms with van der Waals surface area (Å²) in [6, 6.07) is 14.3. The first kappa shape index (κ1) is 22.4. The summed E-state index contributed by atoms with van der Waals surface area (Å²) in [5.74, 6) is -0.392.